The molecule has 0 unspecified atom stereocenters. The Morgan fingerprint density at radius 2 is 2.21 bits per heavy atom. The van der Waals surface area contributed by atoms with Crippen molar-refractivity contribution < 1.29 is 19.4 Å². The molecule has 5 heteroatoms. The number of aliphatic hydroxyl groups is 1. The van der Waals surface area contributed by atoms with Crippen LogP contribution in [0.25, 0.3) is 0 Å². The number of nitrogens with zero attached hydrogens (tertiary/aromatic N) is 1. The maximum absolute atomic E-state index is 12.0. The third-order valence-corrected chi connectivity index (χ3v) is 2.93. The summed E-state index contributed by atoms with van der Waals surface area (Å²) in [7, 11) is 0. The zero-order valence-corrected chi connectivity index (χ0v) is 10.8. The van der Waals surface area contributed by atoms with Gasteiger partial charge in [-0.2, -0.15) is 0 Å². The van der Waals surface area contributed by atoms with Crippen LogP contribution in [0.1, 0.15) is 6.42 Å². The Morgan fingerprint density at radius 3 is 3.00 bits per heavy atom. The zero-order valence-electron chi connectivity index (χ0n) is 10.8. The van der Waals surface area contributed by atoms with Crippen molar-refractivity contribution in [1.29, 1.82) is 0 Å². The summed E-state index contributed by atoms with van der Waals surface area (Å²) in [6.07, 6.45) is -0.289. The molecular weight excluding hydrogens is 246 g/mol. The van der Waals surface area contributed by atoms with Crippen LogP contribution >= 0.6 is 0 Å². The van der Waals surface area contributed by atoms with E-state index < -0.39 is 6.10 Å². The molecule has 1 atom stereocenters. The number of β-amino-alcohol motifs (C(OH)–C–C–N with tert-alkyl or cyclic N) is 1. The molecule has 1 aliphatic heterocycles. The molecular formula is C14H19NO4. The van der Waals surface area contributed by atoms with E-state index in [1.54, 1.807) is 4.90 Å². The van der Waals surface area contributed by atoms with E-state index in [1.807, 2.05) is 30.3 Å². The highest BCUT2D eigenvalue weighted by atomic mass is 16.5. The van der Waals surface area contributed by atoms with Gasteiger partial charge < -0.3 is 19.5 Å². The summed E-state index contributed by atoms with van der Waals surface area (Å²) < 4.78 is 10.7. The molecule has 2 rings (SSSR count). The third kappa shape index (κ3) is 4.54. The molecule has 19 heavy (non-hydrogen) atoms. The van der Waals surface area contributed by atoms with E-state index in [1.165, 1.54) is 0 Å². The summed E-state index contributed by atoms with van der Waals surface area (Å²) in [4.78, 5) is 13.6. The summed E-state index contributed by atoms with van der Waals surface area (Å²) in [5, 5.41) is 9.56. The second-order valence-electron chi connectivity index (χ2n) is 4.48. The molecule has 1 amide bonds. The van der Waals surface area contributed by atoms with Crippen LogP contribution < -0.4 is 4.74 Å². The number of carbonyl (C=O) groups excluding carboxylic acids is 1. The number of carbonyl (C=O) groups is 1. The third-order valence-electron chi connectivity index (χ3n) is 2.93. The fourth-order valence-corrected chi connectivity index (χ4v) is 1.95. The highest BCUT2D eigenvalue weighted by Gasteiger charge is 2.20. The molecule has 104 valence electrons. The van der Waals surface area contributed by atoms with Crippen molar-refractivity contribution in [3.8, 4) is 5.75 Å². The molecule has 0 bridgehead atoms. The highest BCUT2D eigenvalue weighted by molar-refractivity contribution is 5.76. The number of para-hydroxylation sites is 1. The lowest BCUT2D eigenvalue weighted by atomic mass is 10.3. The SMILES string of the molecule is O=C(CCOc1ccccc1)N1CCOC[C@@H](O)C1. The number of aliphatic hydroxyl groups excluding tert-OH is 1. The lowest BCUT2D eigenvalue weighted by molar-refractivity contribution is -0.132. The Labute approximate surface area is 112 Å². The number of benzene rings is 1. The van der Waals surface area contributed by atoms with Crippen LogP contribution in [0.2, 0.25) is 0 Å². The van der Waals surface area contributed by atoms with Crippen LogP contribution in [0.3, 0.4) is 0 Å². The van der Waals surface area contributed by atoms with E-state index >= 15 is 0 Å². The minimum Gasteiger partial charge on any atom is -0.493 e. The van der Waals surface area contributed by atoms with Crippen molar-refractivity contribution in [2.75, 3.05) is 32.9 Å². The van der Waals surface area contributed by atoms with E-state index in [0.717, 1.165) is 5.75 Å². The molecule has 0 saturated carbocycles. The van der Waals surface area contributed by atoms with E-state index in [-0.39, 0.29) is 5.91 Å². The van der Waals surface area contributed by atoms with Crippen LogP contribution in [0.4, 0.5) is 0 Å². The Balaban J connectivity index is 1.74. The van der Waals surface area contributed by atoms with Gasteiger partial charge in [0.1, 0.15) is 5.75 Å². The fraction of sp³-hybridized carbons (Fsp3) is 0.500. The summed E-state index contributed by atoms with van der Waals surface area (Å²) in [6.45, 7) is 1.98. The summed E-state index contributed by atoms with van der Waals surface area (Å²) in [5.41, 5.74) is 0. The molecule has 1 fully saturated rings. The van der Waals surface area contributed by atoms with Crippen molar-refractivity contribution in [2.24, 2.45) is 0 Å². The van der Waals surface area contributed by atoms with Crippen LogP contribution in [0, 0.1) is 0 Å². The van der Waals surface area contributed by atoms with Gasteiger partial charge in [-0.05, 0) is 12.1 Å². The van der Waals surface area contributed by atoms with E-state index in [2.05, 4.69) is 0 Å². The van der Waals surface area contributed by atoms with E-state index in [9.17, 15) is 9.90 Å². The Morgan fingerprint density at radius 1 is 1.42 bits per heavy atom. The van der Waals surface area contributed by atoms with Gasteiger partial charge in [-0.15, -0.1) is 0 Å². The quantitative estimate of drug-likeness (QED) is 0.869. The standard InChI is InChI=1S/C14H19NO4/c16-12-10-15(7-9-18-11-12)14(17)6-8-19-13-4-2-1-3-5-13/h1-5,12,16H,6-11H2/t12-/m0/s1. The molecule has 1 aromatic carbocycles. The molecule has 1 aliphatic rings. The van der Waals surface area contributed by atoms with Crippen molar-refractivity contribution in [3.63, 3.8) is 0 Å². The van der Waals surface area contributed by atoms with Crippen molar-refractivity contribution in [2.45, 2.75) is 12.5 Å². The minimum absolute atomic E-state index is 0.0134. The normalized spacial score (nSPS) is 19.8. The molecule has 0 aliphatic carbocycles. The average molecular weight is 265 g/mol. The molecule has 0 aromatic heterocycles. The minimum atomic E-state index is -0.596. The van der Waals surface area contributed by atoms with Crippen molar-refractivity contribution in [3.05, 3.63) is 30.3 Å². The average Bonchev–Trinajstić information content (AvgIpc) is 2.64. The number of rotatable bonds is 4. The summed E-state index contributed by atoms with van der Waals surface area (Å²) >= 11 is 0. The molecule has 1 aromatic rings. The van der Waals surface area contributed by atoms with Gasteiger partial charge in [0.05, 0.1) is 32.3 Å². The fourth-order valence-electron chi connectivity index (χ4n) is 1.95. The monoisotopic (exact) mass is 265 g/mol. The molecule has 0 spiro atoms. The maximum atomic E-state index is 12.0. The summed E-state index contributed by atoms with van der Waals surface area (Å²) in [5.74, 6) is 0.745. The van der Waals surface area contributed by atoms with Gasteiger partial charge in [-0.1, -0.05) is 18.2 Å². The van der Waals surface area contributed by atoms with Crippen LogP contribution in [-0.2, 0) is 9.53 Å². The molecule has 1 heterocycles. The van der Waals surface area contributed by atoms with Gasteiger partial charge in [-0.3, -0.25) is 4.79 Å². The van der Waals surface area contributed by atoms with Crippen LogP contribution in [0.5, 0.6) is 5.75 Å². The predicted octanol–water partition coefficient (Wildman–Crippen LogP) is 0.675. The first-order chi connectivity index (χ1) is 9.25. The number of hydrogen-bond acceptors (Lipinski definition) is 4. The van der Waals surface area contributed by atoms with Gasteiger partial charge in [0, 0.05) is 13.1 Å². The van der Waals surface area contributed by atoms with Gasteiger partial charge in [0.25, 0.3) is 0 Å². The second kappa shape index (κ2) is 7.11. The molecule has 0 radical (unpaired) electrons. The number of hydrogen-bond donors (Lipinski definition) is 1. The van der Waals surface area contributed by atoms with Gasteiger partial charge in [0.15, 0.2) is 0 Å². The number of ether oxygens (including phenoxy) is 2. The van der Waals surface area contributed by atoms with Crippen LogP contribution in [-0.4, -0.2) is 54.9 Å². The largest absolute Gasteiger partial charge is 0.493 e. The highest BCUT2D eigenvalue weighted by Crippen LogP contribution is 2.09. The smallest absolute Gasteiger partial charge is 0.226 e. The Bertz CT molecular complexity index is 396. The maximum Gasteiger partial charge on any atom is 0.226 e. The van der Waals surface area contributed by atoms with Crippen molar-refractivity contribution in [1.82, 2.24) is 4.90 Å². The van der Waals surface area contributed by atoms with Gasteiger partial charge >= 0.3 is 0 Å². The summed E-state index contributed by atoms with van der Waals surface area (Å²) in [6, 6.07) is 9.40. The van der Waals surface area contributed by atoms with Gasteiger partial charge in [-0.25, -0.2) is 0 Å². The number of amides is 1. The second-order valence-corrected chi connectivity index (χ2v) is 4.48. The first-order valence-electron chi connectivity index (χ1n) is 6.47. The zero-order chi connectivity index (χ0) is 13.5. The van der Waals surface area contributed by atoms with E-state index in [0.29, 0.717) is 39.3 Å². The topological polar surface area (TPSA) is 59.0 Å². The first-order valence-corrected chi connectivity index (χ1v) is 6.47. The van der Waals surface area contributed by atoms with E-state index in [4.69, 9.17) is 9.47 Å². The lowest BCUT2D eigenvalue weighted by Gasteiger charge is -2.21. The van der Waals surface area contributed by atoms with Crippen molar-refractivity contribution >= 4 is 5.91 Å². The lowest BCUT2D eigenvalue weighted by Crippen LogP contribution is -2.38. The Hall–Kier alpha value is -1.59. The molecule has 1 N–H and O–H groups in total. The van der Waals surface area contributed by atoms with Gasteiger partial charge in [0.2, 0.25) is 5.91 Å². The first kappa shape index (κ1) is 13.8. The predicted molar refractivity (Wildman–Crippen MR) is 70.0 cm³/mol. The molecule has 5 nitrogen and oxygen atoms in total. The Kier molecular flexibility index (Phi) is 5.18. The molecule has 1 saturated heterocycles. The van der Waals surface area contributed by atoms with Crippen LogP contribution in [0.15, 0.2) is 30.3 Å².